The third kappa shape index (κ3) is 6.13. The fourth-order valence-electron chi connectivity index (χ4n) is 4.94. The van der Waals surface area contributed by atoms with Crippen LogP contribution in [-0.2, 0) is 14.3 Å². The maximum Gasteiger partial charge on any atom is 0.338 e. The van der Waals surface area contributed by atoms with Gasteiger partial charge in [-0.1, -0.05) is 30.0 Å². The van der Waals surface area contributed by atoms with Crippen LogP contribution in [0, 0.1) is 11.3 Å². The molecule has 1 aliphatic rings. The first-order chi connectivity index (χ1) is 21.9. The molecular formula is C32H30N6O6S. The lowest BCUT2D eigenvalue weighted by molar-refractivity contribution is -0.139. The van der Waals surface area contributed by atoms with Crippen LogP contribution in [0.2, 0.25) is 0 Å². The van der Waals surface area contributed by atoms with Gasteiger partial charge in [-0.25, -0.2) is 4.79 Å². The van der Waals surface area contributed by atoms with Gasteiger partial charge in [0.05, 0.1) is 45.2 Å². The zero-order chi connectivity index (χ0) is 31.9. The first kappa shape index (κ1) is 31.0. The fourth-order valence-corrected chi connectivity index (χ4v) is 5.84. The van der Waals surface area contributed by atoms with E-state index in [9.17, 15) is 10.1 Å². The van der Waals surface area contributed by atoms with E-state index in [1.807, 2.05) is 47.0 Å². The van der Waals surface area contributed by atoms with Crippen molar-refractivity contribution in [3.8, 4) is 40.4 Å². The van der Waals surface area contributed by atoms with Gasteiger partial charge in [0, 0.05) is 23.6 Å². The molecule has 5 rings (SSSR count). The zero-order valence-corrected chi connectivity index (χ0v) is 25.8. The molecule has 230 valence electrons. The Balaban J connectivity index is 1.63. The van der Waals surface area contributed by atoms with E-state index in [0.29, 0.717) is 33.8 Å². The lowest BCUT2D eigenvalue weighted by Gasteiger charge is -2.28. The number of nitriles is 1. The molecule has 1 atom stereocenters. The fraction of sp³-hybridized carbons (Fsp3) is 0.219. The van der Waals surface area contributed by atoms with Gasteiger partial charge in [-0.2, -0.15) is 5.26 Å². The largest absolute Gasteiger partial charge is 0.493 e. The van der Waals surface area contributed by atoms with Gasteiger partial charge in [0.25, 0.3) is 0 Å². The third-order valence-electron chi connectivity index (χ3n) is 6.91. The summed E-state index contributed by atoms with van der Waals surface area (Å²) in [5.41, 5.74) is 8.56. The summed E-state index contributed by atoms with van der Waals surface area (Å²) >= 11 is 1.28. The van der Waals surface area contributed by atoms with E-state index in [4.69, 9.17) is 29.4 Å². The van der Waals surface area contributed by atoms with Crippen LogP contribution < -0.4 is 19.9 Å². The summed E-state index contributed by atoms with van der Waals surface area (Å²) in [6.07, 6.45) is 3.39. The maximum absolute atomic E-state index is 13.6. The second kappa shape index (κ2) is 13.9. The van der Waals surface area contributed by atoms with Crippen LogP contribution in [0.4, 0.5) is 0 Å². The highest BCUT2D eigenvalue weighted by Gasteiger charge is 2.39. The first-order valence-corrected chi connectivity index (χ1v) is 14.8. The molecule has 1 aliphatic heterocycles. The van der Waals surface area contributed by atoms with Gasteiger partial charge < -0.3 is 29.4 Å². The highest BCUT2D eigenvalue weighted by atomic mass is 32.2. The molecule has 2 aromatic heterocycles. The van der Waals surface area contributed by atoms with Gasteiger partial charge in [0.15, 0.2) is 22.5 Å². The van der Waals surface area contributed by atoms with Crippen molar-refractivity contribution in [1.82, 2.24) is 19.7 Å². The summed E-state index contributed by atoms with van der Waals surface area (Å²) in [4.78, 5) is 17.8. The quantitative estimate of drug-likeness (QED) is 0.180. The first-order valence-electron chi connectivity index (χ1n) is 13.8. The van der Waals surface area contributed by atoms with E-state index in [2.05, 4.69) is 21.3 Å². The van der Waals surface area contributed by atoms with Gasteiger partial charge in [-0.05, 0) is 48.9 Å². The molecule has 0 spiro atoms. The monoisotopic (exact) mass is 626 g/mol. The lowest BCUT2D eigenvalue weighted by Crippen LogP contribution is -2.27. The third-order valence-corrected chi connectivity index (χ3v) is 7.84. The van der Waals surface area contributed by atoms with Crippen LogP contribution in [0.3, 0.4) is 0 Å². The highest BCUT2D eigenvalue weighted by molar-refractivity contribution is 7.99. The molecule has 4 aromatic rings. The Morgan fingerprint density at radius 2 is 1.80 bits per heavy atom. The van der Waals surface area contributed by atoms with E-state index in [0.717, 1.165) is 11.3 Å². The predicted octanol–water partition coefficient (Wildman–Crippen LogP) is 4.77. The Kier molecular flexibility index (Phi) is 9.54. The highest BCUT2D eigenvalue weighted by Crippen LogP contribution is 2.46. The number of para-hydroxylation sites is 1. The molecule has 0 radical (unpaired) electrons. The molecule has 2 aromatic carbocycles. The van der Waals surface area contributed by atoms with Gasteiger partial charge in [0.1, 0.15) is 17.4 Å². The molecule has 0 fully saturated rings. The van der Waals surface area contributed by atoms with E-state index in [1.165, 1.54) is 33.1 Å². The number of nitrogens with two attached hydrogens (primary N) is 1. The van der Waals surface area contributed by atoms with Crippen LogP contribution in [0.5, 0.6) is 17.2 Å². The standard InChI is InChI=1S/C32H30N6O6S/c1-5-43-31(39)27-25(44-29(34)22(16-33)26(27)20-14-23(40-2)28(42-4)24(15-20)41-3)18-45-32-37-36-30(19-10-9-13-35-17-19)38(32)21-11-7-6-8-12-21/h6-15,17,26H,5,18,34H2,1-4H3/t26-/m1/s1. The molecular weight excluding hydrogens is 596 g/mol. The molecule has 45 heavy (non-hydrogen) atoms. The number of carbonyl (C=O) groups excluding carboxylic acids is 1. The number of benzene rings is 2. The van der Waals surface area contributed by atoms with Crippen LogP contribution >= 0.6 is 11.8 Å². The van der Waals surface area contributed by atoms with Gasteiger partial charge in [-0.15, -0.1) is 10.2 Å². The number of hydrogen-bond donors (Lipinski definition) is 1. The molecule has 13 heteroatoms. The van der Waals surface area contributed by atoms with E-state index in [-0.39, 0.29) is 35.1 Å². The van der Waals surface area contributed by atoms with Crippen LogP contribution in [-0.4, -0.2) is 59.4 Å². The Hall–Kier alpha value is -5.48. The number of carbonyl (C=O) groups is 1. The topological polar surface area (TPSA) is 157 Å². The summed E-state index contributed by atoms with van der Waals surface area (Å²) < 4.78 is 29.9. The molecule has 0 saturated heterocycles. The number of aromatic nitrogens is 4. The number of nitrogens with zero attached hydrogens (tertiary/aromatic N) is 5. The van der Waals surface area contributed by atoms with Crippen molar-refractivity contribution in [2.24, 2.45) is 5.73 Å². The summed E-state index contributed by atoms with van der Waals surface area (Å²) in [7, 11) is 4.45. The second-order valence-electron chi connectivity index (χ2n) is 9.45. The zero-order valence-electron chi connectivity index (χ0n) is 25.0. The Bertz CT molecular complexity index is 1770. The smallest absolute Gasteiger partial charge is 0.338 e. The van der Waals surface area contributed by atoms with Crippen molar-refractivity contribution in [1.29, 1.82) is 5.26 Å². The number of ether oxygens (including phenoxy) is 5. The number of hydrogen-bond acceptors (Lipinski definition) is 12. The Labute approximate surface area is 264 Å². The van der Waals surface area contributed by atoms with Crippen molar-refractivity contribution in [2.45, 2.75) is 18.0 Å². The van der Waals surface area contributed by atoms with Crippen molar-refractivity contribution in [2.75, 3.05) is 33.7 Å². The molecule has 0 bridgehead atoms. The number of esters is 1. The molecule has 0 amide bonds. The number of allylic oxidation sites excluding steroid dienone is 1. The minimum Gasteiger partial charge on any atom is -0.493 e. The van der Waals surface area contributed by atoms with E-state index >= 15 is 0 Å². The van der Waals surface area contributed by atoms with Crippen LogP contribution in [0.25, 0.3) is 17.1 Å². The minimum absolute atomic E-state index is 0.0346. The number of thioether (sulfide) groups is 1. The van der Waals surface area contributed by atoms with Crippen molar-refractivity contribution < 1.29 is 28.5 Å². The maximum atomic E-state index is 13.6. The summed E-state index contributed by atoms with van der Waals surface area (Å²) in [5, 5.41) is 19.6. The summed E-state index contributed by atoms with van der Waals surface area (Å²) in [6, 6.07) is 18.8. The molecule has 2 N–H and O–H groups in total. The van der Waals surface area contributed by atoms with Gasteiger partial charge in [-0.3, -0.25) is 9.55 Å². The van der Waals surface area contributed by atoms with Crippen LogP contribution in [0.15, 0.2) is 94.9 Å². The molecule has 0 aliphatic carbocycles. The molecule has 3 heterocycles. The normalized spacial score (nSPS) is 14.4. The van der Waals surface area contributed by atoms with Crippen molar-refractivity contribution >= 4 is 17.7 Å². The SMILES string of the molecule is CCOC(=O)C1=C(CSc2nnc(-c3cccnc3)n2-c2ccccc2)OC(N)=C(C#N)[C@H]1c1cc(OC)c(OC)c(OC)c1. The van der Waals surface area contributed by atoms with E-state index in [1.54, 1.807) is 31.5 Å². The number of rotatable bonds is 11. The summed E-state index contributed by atoms with van der Waals surface area (Å²) in [5.74, 6) is 0.180. The average Bonchev–Trinajstić information content (AvgIpc) is 3.51. The van der Waals surface area contributed by atoms with Crippen LogP contribution in [0.1, 0.15) is 18.4 Å². The minimum atomic E-state index is -0.954. The number of methoxy groups -OCH3 is 3. The predicted molar refractivity (Wildman–Crippen MR) is 166 cm³/mol. The summed E-state index contributed by atoms with van der Waals surface area (Å²) in [6.45, 7) is 1.80. The Morgan fingerprint density at radius 3 is 2.40 bits per heavy atom. The van der Waals surface area contributed by atoms with Gasteiger partial charge >= 0.3 is 5.97 Å². The van der Waals surface area contributed by atoms with Crippen molar-refractivity contribution in [3.63, 3.8) is 0 Å². The average molecular weight is 627 g/mol. The molecule has 0 unspecified atom stereocenters. The molecule has 12 nitrogen and oxygen atoms in total. The lowest BCUT2D eigenvalue weighted by atomic mass is 9.82. The number of pyridine rings is 1. The second-order valence-corrected chi connectivity index (χ2v) is 10.4. The van der Waals surface area contributed by atoms with Crippen molar-refractivity contribution in [3.05, 3.63) is 95.3 Å². The van der Waals surface area contributed by atoms with Gasteiger partial charge in [0.2, 0.25) is 11.6 Å². The Morgan fingerprint density at radius 1 is 1.07 bits per heavy atom. The molecule has 0 saturated carbocycles. The van der Waals surface area contributed by atoms with E-state index < -0.39 is 11.9 Å².